The van der Waals surface area contributed by atoms with Crippen LogP contribution in [0.4, 0.5) is 19.0 Å². The minimum atomic E-state index is -4.67. The van der Waals surface area contributed by atoms with Crippen molar-refractivity contribution in [2.75, 3.05) is 0 Å². The maximum atomic E-state index is 13.4. The Hall–Kier alpha value is -2.55. The van der Waals surface area contributed by atoms with Crippen molar-refractivity contribution in [3.63, 3.8) is 0 Å². The number of benzene rings is 2. The number of halogens is 6. The second-order valence-corrected chi connectivity index (χ2v) is 8.71. The van der Waals surface area contributed by atoms with Gasteiger partial charge in [-0.05, 0) is 36.2 Å². The number of carbonyl (C=O) groups excluding carboxylic acids is 1. The van der Waals surface area contributed by atoms with Gasteiger partial charge in [0.1, 0.15) is 5.92 Å². The highest BCUT2D eigenvalue weighted by atomic mass is 35.5. The maximum Gasteiger partial charge on any atom is 0.435 e. The molecule has 2 atom stereocenters. The van der Waals surface area contributed by atoms with Gasteiger partial charge < -0.3 is 5.32 Å². The molecule has 1 N–H and O–H groups in total. The molecular weight excluding hydrogens is 500 g/mol. The highest BCUT2D eigenvalue weighted by Crippen LogP contribution is 2.41. The average Bonchev–Trinajstić information content (AvgIpc) is 3.18. The lowest BCUT2D eigenvalue weighted by Crippen LogP contribution is -2.42. The van der Waals surface area contributed by atoms with Crippen LogP contribution >= 0.6 is 34.8 Å². The van der Waals surface area contributed by atoms with Gasteiger partial charge in [0.05, 0.1) is 16.1 Å². The molecule has 1 aromatic heterocycles. The Labute approximate surface area is 202 Å². The number of nitrogens with zero attached hydrogens (tertiary/aromatic N) is 3. The first-order valence-corrected chi connectivity index (χ1v) is 10.9. The maximum absolute atomic E-state index is 13.4. The summed E-state index contributed by atoms with van der Waals surface area (Å²) >= 11 is 18.4. The predicted octanol–water partition coefficient (Wildman–Crippen LogP) is 6.49. The molecule has 0 bridgehead atoms. The van der Waals surface area contributed by atoms with Gasteiger partial charge in [0.25, 0.3) is 0 Å². The number of rotatable bonds is 4. The van der Waals surface area contributed by atoms with Crippen LogP contribution < -0.4 is 5.32 Å². The normalized spacial score (nSPS) is 18.0. The fraction of sp³-hybridized carbons (Fsp3) is 0.227. The number of amides is 1. The van der Waals surface area contributed by atoms with Crippen LogP contribution in [0.2, 0.25) is 15.1 Å². The van der Waals surface area contributed by atoms with E-state index in [2.05, 4.69) is 15.4 Å². The first kappa shape index (κ1) is 23.6. The molecule has 3 aromatic rings. The molecule has 11 heteroatoms. The number of aromatic nitrogens is 2. The summed E-state index contributed by atoms with van der Waals surface area (Å²) in [5.41, 5.74) is 0.401. The van der Waals surface area contributed by atoms with E-state index in [9.17, 15) is 18.0 Å². The first-order chi connectivity index (χ1) is 15.6. The Kier molecular flexibility index (Phi) is 6.44. The monoisotopic (exact) mass is 514 g/mol. The van der Waals surface area contributed by atoms with Crippen LogP contribution in [0.15, 0.2) is 53.5 Å². The fourth-order valence-corrected chi connectivity index (χ4v) is 4.24. The third-order valence-electron chi connectivity index (χ3n) is 5.31. The second-order valence-electron chi connectivity index (χ2n) is 7.49. The third-order valence-corrected chi connectivity index (χ3v) is 6.41. The minimum absolute atomic E-state index is 0.00829. The SMILES string of the molecule is CC1=Nc2cc(C(F)(F)F)nn2C(c2ccc(Cl)c(Cl)c2)C1C(=O)NCc1ccccc1Cl. The minimum Gasteiger partial charge on any atom is -0.351 e. The summed E-state index contributed by atoms with van der Waals surface area (Å²) in [7, 11) is 0. The number of hydrogen-bond acceptors (Lipinski definition) is 3. The molecule has 2 unspecified atom stereocenters. The van der Waals surface area contributed by atoms with Crippen LogP contribution in [0.5, 0.6) is 0 Å². The standard InChI is InChI=1S/C22H16Cl3F3N4O/c1-11-19(21(33)29-10-13-4-2-3-5-14(13)23)20(12-6-7-15(24)16(25)8-12)32-18(30-11)9-17(31-32)22(26,27)28/h2-9,19-20H,10H2,1H3,(H,29,33). The number of fused-ring (bicyclic) bond motifs is 1. The molecule has 0 saturated heterocycles. The Balaban J connectivity index is 1.75. The van der Waals surface area contributed by atoms with Gasteiger partial charge in [-0.2, -0.15) is 18.3 Å². The molecule has 0 aliphatic carbocycles. The molecule has 0 spiro atoms. The Morgan fingerprint density at radius 2 is 1.79 bits per heavy atom. The predicted molar refractivity (Wildman–Crippen MR) is 121 cm³/mol. The van der Waals surface area contributed by atoms with Crippen molar-refractivity contribution in [3.8, 4) is 0 Å². The molecule has 2 heterocycles. The average molecular weight is 516 g/mol. The van der Waals surface area contributed by atoms with E-state index in [1.165, 1.54) is 12.1 Å². The topological polar surface area (TPSA) is 59.3 Å². The summed E-state index contributed by atoms with van der Waals surface area (Å²) in [6, 6.07) is 11.6. The summed E-state index contributed by atoms with van der Waals surface area (Å²) in [4.78, 5) is 17.5. The van der Waals surface area contributed by atoms with Crippen LogP contribution in [0.25, 0.3) is 0 Å². The molecule has 1 amide bonds. The number of carbonyl (C=O) groups is 1. The van der Waals surface area contributed by atoms with Gasteiger partial charge in [0.15, 0.2) is 11.5 Å². The van der Waals surface area contributed by atoms with Crippen LogP contribution in [-0.4, -0.2) is 21.4 Å². The van der Waals surface area contributed by atoms with Gasteiger partial charge >= 0.3 is 6.18 Å². The van der Waals surface area contributed by atoms with E-state index in [0.717, 1.165) is 10.7 Å². The van der Waals surface area contributed by atoms with Crippen molar-refractivity contribution in [1.29, 1.82) is 0 Å². The molecule has 0 saturated carbocycles. The molecule has 172 valence electrons. The Bertz CT molecular complexity index is 1260. The largest absolute Gasteiger partial charge is 0.435 e. The van der Waals surface area contributed by atoms with Crippen LogP contribution in [0.3, 0.4) is 0 Å². The highest BCUT2D eigenvalue weighted by molar-refractivity contribution is 6.42. The zero-order valence-corrected chi connectivity index (χ0v) is 19.3. The van der Waals surface area contributed by atoms with E-state index in [-0.39, 0.29) is 22.4 Å². The van der Waals surface area contributed by atoms with Crippen molar-refractivity contribution >= 4 is 52.2 Å². The Morgan fingerprint density at radius 3 is 2.45 bits per heavy atom. The fourth-order valence-electron chi connectivity index (χ4n) is 3.73. The summed E-state index contributed by atoms with van der Waals surface area (Å²) in [5.74, 6) is -1.40. The number of alkyl halides is 3. The molecule has 0 radical (unpaired) electrons. The summed E-state index contributed by atoms with van der Waals surface area (Å²) in [5, 5.41) is 7.51. The lowest BCUT2D eigenvalue weighted by molar-refractivity contribution is -0.141. The van der Waals surface area contributed by atoms with Gasteiger partial charge in [-0.3, -0.25) is 4.79 Å². The lowest BCUT2D eigenvalue weighted by atomic mass is 9.87. The van der Waals surface area contributed by atoms with Crippen molar-refractivity contribution in [1.82, 2.24) is 15.1 Å². The van der Waals surface area contributed by atoms with E-state index in [0.29, 0.717) is 21.9 Å². The van der Waals surface area contributed by atoms with Gasteiger partial charge in [0, 0.05) is 23.3 Å². The van der Waals surface area contributed by atoms with Gasteiger partial charge in [0.2, 0.25) is 5.91 Å². The molecule has 33 heavy (non-hydrogen) atoms. The van der Waals surface area contributed by atoms with E-state index < -0.39 is 29.7 Å². The lowest BCUT2D eigenvalue weighted by Gasteiger charge is -2.31. The molecule has 1 aliphatic rings. The number of nitrogens with one attached hydrogen (secondary N) is 1. The quantitative estimate of drug-likeness (QED) is 0.432. The molecule has 0 fully saturated rings. The first-order valence-electron chi connectivity index (χ1n) is 9.74. The van der Waals surface area contributed by atoms with Crippen molar-refractivity contribution in [2.24, 2.45) is 10.9 Å². The molecule has 5 nitrogen and oxygen atoms in total. The second kappa shape index (κ2) is 9.00. The van der Waals surface area contributed by atoms with E-state index in [1.54, 1.807) is 37.3 Å². The third kappa shape index (κ3) is 4.74. The van der Waals surface area contributed by atoms with Gasteiger partial charge in [-0.25, -0.2) is 9.67 Å². The zero-order chi connectivity index (χ0) is 23.9. The Morgan fingerprint density at radius 1 is 1.06 bits per heavy atom. The van der Waals surface area contributed by atoms with Crippen molar-refractivity contribution in [2.45, 2.75) is 25.7 Å². The summed E-state index contributed by atoms with van der Waals surface area (Å²) < 4.78 is 41.2. The zero-order valence-electron chi connectivity index (χ0n) is 17.0. The number of aliphatic imine (C=N–C) groups is 1. The van der Waals surface area contributed by atoms with Gasteiger partial charge in [-0.15, -0.1) is 0 Å². The number of hydrogen-bond donors (Lipinski definition) is 1. The molecular formula is C22H16Cl3F3N4O. The summed E-state index contributed by atoms with van der Waals surface area (Å²) in [6.45, 7) is 1.73. The molecule has 2 aromatic carbocycles. The van der Waals surface area contributed by atoms with Gasteiger partial charge in [-0.1, -0.05) is 59.1 Å². The van der Waals surface area contributed by atoms with Crippen molar-refractivity contribution < 1.29 is 18.0 Å². The summed E-state index contributed by atoms with van der Waals surface area (Å²) in [6.07, 6.45) is -4.67. The molecule has 1 aliphatic heterocycles. The van der Waals surface area contributed by atoms with Crippen LogP contribution in [0.1, 0.15) is 29.8 Å². The van der Waals surface area contributed by atoms with Crippen LogP contribution in [0, 0.1) is 5.92 Å². The van der Waals surface area contributed by atoms with E-state index in [4.69, 9.17) is 34.8 Å². The van der Waals surface area contributed by atoms with Crippen molar-refractivity contribution in [3.05, 3.63) is 80.4 Å². The smallest absolute Gasteiger partial charge is 0.351 e. The highest BCUT2D eigenvalue weighted by Gasteiger charge is 2.42. The molecule has 4 rings (SSSR count). The van der Waals surface area contributed by atoms with Crippen LogP contribution in [-0.2, 0) is 17.5 Å². The van der Waals surface area contributed by atoms with E-state index in [1.807, 2.05) is 0 Å². The van der Waals surface area contributed by atoms with E-state index >= 15 is 0 Å².